The lowest BCUT2D eigenvalue weighted by Gasteiger charge is -2.43. The molecule has 148 valence electrons. The van der Waals surface area contributed by atoms with Crippen molar-refractivity contribution in [3.8, 4) is 5.75 Å². The van der Waals surface area contributed by atoms with Gasteiger partial charge in [-0.25, -0.2) is 0 Å². The molecule has 2 aromatic rings. The summed E-state index contributed by atoms with van der Waals surface area (Å²) in [5, 5.41) is 19.9. The molecule has 0 unspecified atom stereocenters. The molecule has 2 bridgehead atoms. The Morgan fingerprint density at radius 2 is 1.96 bits per heavy atom. The van der Waals surface area contributed by atoms with E-state index in [1.165, 1.54) is 6.07 Å². The number of hydrogen-bond donors (Lipinski definition) is 1. The van der Waals surface area contributed by atoms with Gasteiger partial charge in [0, 0.05) is 31.2 Å². The number of nitrogens with zero attached hydrogens (tertiary/aromatic N) is 3. The van der Waals surface area contributed by atoms with Crippen molar-refractivity contribution in [3.63, 3.8) is 0 Å². The van der Waals surface area contributed by atoms with Crippen LogP contribution in [0.5, 0.6) is 5.75 Å². The molecule has 2 aliphatic heterocycles. The number of piperidine rings is 1. The Hall–Kier alpha value is -2.84. The third-order valence-corrected chi connectivity index (χ3v) is 5.66. The molecule has 2 atom stereocenters. The molecule has 1 N–H and O–H groups in total. The fraction of sp³-hybridized carbons (Fsp3) is 0.400. The maximum atomic E-state index is 12.8. The molecule has 1 saturated heterocycles. The normalized spacial score (nSPS) is 20.5. The third-order valence-electron chi connectivity index (χ3n) is 5.66. The minimum Gasteiger partial charge on any atom is -0.733 e. The fourth-order valence-electron chi connectivity index (χ4n) is 4.31. The van der Waals surface area contributed by atoms with Crippen molar-refractivity contribution in [2.24, 2.45) is 5.92 Å². The number of ether oxygens (including phenoxy) is 1. The second-order valence-electron chi connectivity index (χ2n) is 7.45. The molecule has 1 amide bonds. The van der Waals surface area contributed by atoms with Crippen molar-refractivity contribution < 1.29 is 14.7 Å². The van der Waals surface area contributed by atoms with E-state index >= 15 is 0 Å². The van der Waals surface area contributed by atoms with Gasteiger partial charge in [-0.3, -0.25) is 14.8 Å². The molecule has 0 aliphatic carbocycles. The van der Waals surface area contributed by atoms with Crippen LogP contribution in [0.1, 0.15) is 23.6 Å². The zero-order valence-corrected chi connectivity index (χ0v) is 15.6. The van der Waals surface area contributed by atoms with E-state index in [-0.39, 0.29) is 28.7 Å². The van der Waals surface area contributed by atoms with Gasteiger partial charge < -0.3 is 24.6 Å². The molecule has 4 rings (SSSR count). The quantitative estimate of drug-likeness (QED) is 0.807. The van der Waals surface area contributed by atoms with Crippen LogP contribution in [-0.2, 0) is 17.8 Å². The first-order valence-electron chi connectivity index (χ1n) is 9.27. The summed E-state index contributed by atoms with van der Waals surface area (Å²) in [6.07, 6.45) is 1.23. The Bertz CT molecular complexity index is 938. The molecule has 1 aromatic carbocycles. The van der Waals surface area contributed by atoms with Gasteiger partial charge in [-0.2, -0.15) is 0 Å². The summed E-state index contributed by atoms with van der Waals surface area (Å²) in [6, 6.07) is 10.5. The van der Waals surface area contributed by atoms with Crippen molar-refractivity contribution in [2.45, 2.75) is 25.3 Å². The van der Waals surface area contributed by atoms with Crippen LogP contribution in [0.25, 0.3) is 0 Å². The molecule has 1 aromatic heterocycles. The molecular formula is C20H22N3O5-. The summed E-state index contributed by atoms with van der Waals surface area (Å²) in [4.78, 5) is 27.2. The van der Waals surface area contributed by atoms with Gasteiger partial charge in [0.2, 0.25) is 5.91 Å². The lowest BCUT2D eigenvalue weighted by Crippen LogP contribution is -2.49. The molecule has 8 nitrogen and oxygen atoms in total. The molecular weight excluding hydrogens is 362 g/mol. The zero-order chi connectivity index (χ0) is 19.8. The summed E-state index contributed by atoms with van der Waals surface area (Å²) in [6.45, 7) is 1.57. The van der Waals surface area contributed by atoms with E-state index in [2.05, 4.69) is 0 Å². The van der Waals surface area contributed by atoms with Crippen LogP contribution >= 0.6 is 0 Å². The number of hydrogen-bond acceptors (Lipinski definition) is 6. The number of carbonyl (C=O) groups excluding carboxylic acids is 1. The van der Waals surface area contributed by atoms with E-state index in [4.69, 9.17) is 9.94 Å². The summed E-state index contributed by atoms with van der Waals surface area (Å²) < 4.78 is 6.72. The van der Waals surface area contributed by atoms with E-state index < -0.39 is 5.56 Å². The molecule has 2 aliphatic rings. The Morgan fingerprint density at radius 3 is 2.64 bits per heavy atom. The number of rotatable bonds is 4. The van der Waals surface area contributed by atoms with Crippen LogP contribution in [0.15, 0.2) is 41.2 Å². The number of benzene rings is 1. The maximum Gasteiger partial charge on any atom is 0.275 e. The highest BCUT2D eigenvalue weighted by Gasteiger charge is 2.36. The molecule has 0 saturated carbocycles. The summed E-state index contributed by atoms with van der Waals surface area (Å²) in [5.41, 5.74) is 0.981. The second-order valence-corrected chi connectivity index (χ2v) is 7.45. The predicted octanol–water partition coefficient (Wildman–Crippen LogP) is 1.74. The van der Waals surface area contributed by atoms with Gasteiger partial charge in [0.25, 0.3) is 5.56 Å². The Labute approximate surface area is 162 Å². The van der Waals surface area contributed by atoms with Crippen LogP contribution in [0, 0.1) is 11.1 Å². The predicted molar refractivity (Wildman–Crippen MR) is 102 cm³/mol. The Morgan fingerprint density at radius 1 is 1.21 bits per heavy atom. The second kappa shape index (κ2) is 7.29. The van der Waals surface area contributed by atoms with E-state index in [1.807, 2.05) is 29.2 Å². The van der Waals surface area contributed by atoms with Gasteiger partial charge in [-0.1, -0.05) is 12.1 Å². The SMILES string of the molecule is COc1ccc(CC(=O)N2C[C@H]3C[C@H](C2)c2ccc(N([O-])O)c(=O)n2C3)cc1. The minimum atomic E-state index is -0.484. The van der Waals surface area contributed by atoms with Gasteiger partial charge in [0.15, 0.2) is 0 Å². The number of amides is 1. The van der Waals surface area contributed by atoms with Gasteiger partial charge >= 0.3 is 0 Å². The fourth-order valence-corrected chi connectivity index (χ4v) is 4.31. The maximum absolute atomic E-state index is 12.8. The third kappa shape index (κ3) is 3.36. The zero-order valence-electron chi connectivity index (χ0n) is 15.6. The highest BCUT2D eigenvalue weighted by atomic mass is 16.8. The average Bonchev–Trinajstić information content (AvgIpc) is 2.69. The molecule has 3 heterocycles. The number of pyridine rings is 1. The van der Waals surface area contributed by atoms with E-state index in [1.54, 1.807) is 17.7 Å². The van der Waals surface area contributed by atoms with E-state index in [9.17, 15) is 14.8 Å². The highest BCUT2D eigenvalue weighted by Crippen LogP contribution is 2.35. The lowest BCUT2D eigenvalue weighted by atomic mass is 9.83. The molecule has 1 fully saturated rings. The smallest absolute Gasteiger partial charge is 0.275 e. The first kappa shape index (κ1) is 18.5. The van der Waals surface area contributed by atoms with Gasteiger partial charge in [0.05, 0.1) is 13.5 Å². The molecule has 8 heteroatoms. The summed E-state index contributed by atoms with van der Waals surface area (Å²) in [7, 11) is 1.61. The van der Waals surface area contributed by atoms with Crippen LogP contribution in [0.2, 0.25) is 0 Å². The van der Waals surface area contributed by atoms with Gasteiger partial charge in [0.1, 0.15) is 11.4 Å². The van der Waals surface area contributed by atoms with Crippen molar-refractivity contribution in [1.29, 1.82) is 0 Å². The number of anilines is 1. The Balaban J connectivity index is 1.51. The Kier molecular flexibility index (Phi) is 4.82. The van der Waals surface area contributed by atoms with E-state index in [0.29, 0.717) is 26.1 Å². The van der Waals surface area contributed by atoms with Crippen molar-refractivity contribution >= 4 is 11.6 Å². The van der Waals surface area contributed by atoms with Crippen molar-refractivity contribution in [2.75, 3.05) is 25.4 Å². The van der Waals surface area contributed by atoms with Crippen LogP contribution in [0.4, 0.5) is 5.69 Å². The van der Waals surface area contributed by atoms with Crippen LogP contribution in [0.3, 0.4) is 0 Å². The largest absolute Gasteiger partial charge is 0.733 e. The van der Waals surface area contributed by atoms with Gasteiger partial charge in [-0.05, 0) is 42.2 Å². The minimum absolute atomic E-state index is 0.0489. The molecule has 0 radical (unpaired) electrons. The molecule has 0 spiro atoms. The topological polar surface area (TPSA) is 98.1 Å². The first-order chi connectivity index (χ1) is 13.5. The molecule has 28 heavy (non-hydrogen) atoms. The van der Waals surface area contributed by atoms with Crippen LogP contribution in [-0.4, -0.2) is 40.8 Å². The highest BCUT2D eigenvalue weighted by molar-refractivity contribution is 5.79. The lowest BCUT2D eigenvalue weighted by molar-refractivity contribution is -0.133. The van der Waals surface area contributed by atoms with Crippen molar-refractivity contribution in [3.05, 3.63) is 63.2 Å². The van der Waals surface area contributed by atoms with Gasteiger partial charge in [-0.15, -0.1) is 0 Å². The van der Waals surface area contributed by atoms with E-state index in [0.717, 1.165) is 23.4 Å². The number of methoxy groups -OCH3 is 1. The number of likely N-dealkylation sites (tertiary alicyclic amines) is 1. The van der Waals surface area contributed by atoms with Crippen LogP contribution < -0.4 is 15.5 Å². The number of aromatic nitrogens is 1. The summed E-state index contributed by atoms with van der Waals surface area (Å²) in [5.74, 6) is 1.02. The number of fused-ring (bicyclic) bond motifs is 4. The summed E-state index contributed by atoms with van der Waals surface area (Å²) >= 11 is 0. The first-order valence-corrected chi connectivity index (χ1v) is 9.27. The monoisotopic (exact) mass is 384 g/mol. The standard InChI is InChI=1S/C20H22N3O5/c1-28-16-4-2-13(3-5-16)9-19(24)21-10-14-8-15(12-21)17-6-7-18(23(26)27)20(25)22(17)11-14/h2-7,14-15,26H,8-12H2,1H3/q-1/t14-,15-/m1/s1. The number of carbonyl (C=O) groups is 1. The van der Waals surface area contributed by atoms with Crippen molar-refractivity contribution in [1.82, 2.24) is 9.47 Å². The average molecular weight is 384 g/mol.